The van der Waals surface area contributed by atoms with Crippen LogP contribution in [-0.2, 0) is 12.8 Å². The molecule has 4 rings (SSSR count). The third kappa shape index (κ3) is 2.99. The molecule has 1 aliphatic rings. The maximum absolute atomic E-state index is 4.47. The van der Waals surface area contributed by atoms with E-state index in [2.05, 4.69) is 25.6 Å². The summed E-state index contributed by atoms with van der Waals surface area (Å²) in [6, 6.07) is 5.87. The molecule has 3 aromatic heterocycles. The van der Waals surface area contributed by atoms with E-state index in [4.69, 9.17) is 0 Å². The first kappa shape index (κ1) is 14.4. The van der Waals surface area contributed by atoms with Crippen LogP contribution in [0.1, 0.15) is 23.3 Å². The molecule has 0 bridgehead atoms. The zero-order valence-electron chi connectivity index (χ0n) is 12.9. The fourth-order valence-electron chi connectivity index (χ4n) is 3.06. The molecule has 0 unspecified atom stereocenters. The molecule has 6 heteroatoms. The van der Waals surface area contributed by atoms with Gasteiger partial charge in [0.1, 0.15) is 22.8 Å². The summed E-state index contributed by atoms with van der Waals surface area (Å²) in [5, 5.41) is 8.00. The van der Waals surface area contributed by atoms with E-state index >= 15 is 0 Å². The number of nitrogens with one attached hydrogen (secondary N) is 2. The van der Waals surface area contributed by atoms with Crippen molar-refractivity contribution in [3.8, 4) is 0 Å². The highest BCUT2D eigenvalue weighted by atomic mass is 32.1. The van der Waals surface area contributed by atoms with Crippen molar-refractivity contribution in [3.63, 3.8) is 0 Å². The number of aryl methyl sites for hydroxylation is 2. The van der Waals surface area contributed by atoms with E-state index < -0.39 is 0 Å². The van der Waals surface area contributed by atoms with Crippen molar-refractivity contribution in [2.24, 2.45) is 0 Å². The van der Waals surface area contributed by atoms with Crippen molar-refractivity contribution in [2.75, 3.05) is 23.7 Å². The third-order valence-electron chi connectivity index (χ3n) is 4.14. The fourth-order valence-corrected chi connectivity index (χ4v) is 4.29. The van der Waals surface area contributed by atoms with E-state index in [0.29, 0.717) is 0 Å². The number of fused-ring (bicyclic) bond motifs is 3. The maximum atomic E-state index is 4.47. The van der Waals surface area contributed by atoms with Gasteiger partial charge >= 0.3 is 0 Å². The minimum atomic E-state index is 0.799. The molecule has 0 spiro atoms. The van der Waals surface area contributed by atoms with Crippen LogP contribution < -0.4 is 10.6 Å². The fraction of sp³-hybridized carbons (Fsp3) is 0.353. The standard InChI is InChI=1S/C17H19N5S/c1-2-6-13-12(5-1)15-16(21-11-22-17(15)23-13)20-10-9-19-14-7-3-4-8-18-14/h3-4,7-8,11H,1-2,5-6,9-10H2,(H,18,19)(H,20,21,22). The summed E-state index contributed by atoms with van der Waals surface area (Å²) >= 11 is 1.83. The highest BCUT2D eigenvalue weighted by Gasteiger charge is 2.19. The van der Waals surface area contributed by atoms with Gasteiger partial charge in [0, 0.05) is 24.2 Å². The van der Waals surface area contributed by atoms with Gasteiger partial charge in [-0.15, -0.1) is 11.3 Å². The SMILES string of the molecule is c1ccc(NCCNc2ncnc3sc4c(c23)CCCC4)nc1. The lowest BCUT2D eigenvalue weighted by molar-refractivity contribution is 0.700. The number of aromatic nitrogens is 3. The first-order valence-corrected chi connectivity index (χ1v) is 8.87. The van der Waals surface area contributed by atoms with Crippen LogP contribution in [0.5, 0.6) is 0 Å². The number of nitrogens with zero attached hydrogens (tertiary/aromatic N) is 3. The van der Waals surface area contributed by atoms with Gasteiger partial charge in [0.05, 0.1) is 5.39 Å². The summed E-state index contributed by atoms with van der Waals surface area (Å²) in [6.07, 6.45) is 8.37. The molecule has 2 N–H and O–H groups in total. The van der Waals surface area contributed by atoms with Crippen molar-refractivity contribution in [2.45, 2.75) is 25.7 Å². The van der Waals surface area contributed by atoms with Gasteiger partial charge in [-0.2, -0.15) is 0 Å². The summed E-state index contributed by atoms with van der Waals surface area (Å²) < 4.78 is 0. The first-order valence-electron chi connectivity index (χ1n) is 8.06. The first-order chi connectivity index (χ1) is 11.4. The highest BCUT2D eigenvalue weighted by Crippen LogP contribution is 2.37. The Labute approximate surface area is 139 Å². The average molecular weight is 325 g/mol. The van der Waals surface area contributed by atoms with Crippen LogP contribution >= 0.6 is 11.3 Å². The van der Waals surface area contributed by atoms with Crippen molar-refractivity contribution < 1.29 is 0 Å². The number of hydrogen-bond donors (Lipinski definition) is 2. The second-order valence-corrected chi connectivity index (χ2v) is 6.77. The second-order valence-electron chi connectivity index (χ2n) is 5.68. The van der Waals surface area contributed by atoms with Crippen molar-refractivity contribution in [1.29, 1.82) is 0 Å². The largest absolute Gasteiger partial charge is 0.368 e. The molecule has 0 saturated carbocycles. The lowest BCUT2D eigenvalue weighted by Crippen LogP contribution is -2.15. The maximum Gasteiger partial charge on any atom is 0.138 e. The number of hydrogen-bond acceptors (Lipinski definition) is 6. The number of anilines is 2. The van der Waals surface area contributed by atoms with E-state index in [1.165, 1.54) is 35.1 Å². The van der Waals surface area contributed by atoms with Crippen LogP contribution in [0.4, 0.5) is 11.6 Å². The molecule has 0 aliphatic heterocycles. The van der Waals surface area contributed by atoms with Gasteiger partial charge in [-0.3, -0.25) is 0 Å². The summed E-state index contributed by atoms with van der Waals surface area (Å²) in [4.78, 5) is 15.8. The van der Waals surface area contributed by atoms with Crippen molar-refractivity contribution in [3.05, 3.63) is 41.2 Å². The number of pyridine rings is 1. The Hall–Kier alpha value is -2.21. The molecular weight excluding hydrogens is 306 g/mol. The topological polar surface area (TPSA) is 62.7 Å². The van der Waals surface area contributed by atoms with Crippen molar-refractivity contribution >= 4 is 33.2 Å². The average Bonchev–Trinajstić information content (AvgIpc) is 2.99. The minimum Gasteiger partial charge on any atom is -0.368 e. The Morgan fingerprint density at radius 3 is 2.83 bits per heavy atom. The van der Waals surface area contributed by atoms with Gasteiger partial charge in [0.2, 0.25) is 0 Å². The van der Waals surface area contributed by atoms with Crippen LogP contribution in [0.2, 0.25) is 0 Å². The molecule has 0 atom stereocenters. The molecule has 118 valence electrons. The minimum absolute atomic E-state index is 0.799. The second kappa shape index (κ2) is 6.50. The Morgan fingerprint density at radius 1 is 1.00 bits per heavy atom. The van der Waals surface area contributed by atoms with Gasteiger partial charge in [0.15, 0.2) is 0 Å². The van der Waals surface area contributed by atoms with Crippen LogP contribution in [0, 0.1) is 0 Å². The van der Waals surface area contributed by atoms with E-state index in [-0.39, 0.29) is 0 Å². The Bertz CT molecular complexity index is 799. The van der Waals surface area contributed by atoms with E-state index in [1.54, 1.807) is 12.5 Å². The molecule has 23 heavy (non-hydrogen) atoms. The Morgan fingerprint density at radius 2 is 1.91 bits per heavy atom. The summed E-state index contributed by atoms with van der Waals surface area (Å²) in [7, 11) is 0. The summed E-state index contributed by atoms with van der Waals surface area (Å²) in [6.45, 7) is 1.60. The lowest BCUT2D eigenvalue weighted by atomic mass is 9.97. The zero-order chi connectivity index (χ0) is 15.5. The third-order valence-corrected chi connectivity index (χ3v) is 5.34. The Balaban J connectivity index is 1.47. The molecule has 0 fully saturated rings. The van der Waals surface area contributed by atoms with Crippen LogP contribution in [0.3, 0.4) is 0 Å². The number of rotatable bonds is 5. The van der Waals surface area contributed by atoms with Gasteiger partial charge in [-0.25, -0.2) is 15.0 Å². The van der Waals surface area contributed by atoms with E-state index in [0.717, 1.165) is 36.0 Å². The predicted octanol–water partition coefficient (Wildman–Crippen LogP) is 3.49. The Kier molecular flexibility index (Phi) is 4.06. The normalized spacial score (nSPS) is 13.7. The molecule has 0 radical (unpaired) electrons. The van der Waals surface area contributed by atoms with E-state index in [1.807, 2.05) is 29.5 Å². The molecule has 0 amide bonds. The lowest BCUT2D eigenvalue weighted by Gasteiger charge is -2.12. The molecule has 3 heterocycles. The van der Waals surface area contributed by atoms with E-state index in [9.17, 15) is 0 Å². The zero-order valence-corrected chi connectivity index (χ0v) is 13.7. The molecular formula is C17H19N5S. The highest BCUT2D eigenvalue weighted by molar-refractivity contribution is 7.19. The van der Waals surface area contributed by atoms with Gasteiger partial charge < -0.3 is 10.6 Å². The predicted molar refractivity (Wildman–Crippen MR) is 95.3 cm³/mol. The summed E-state index contributed by atoms with van der Waals surface area (Å²) in [5.74, 6) is 1.87. The smallest absolute Gasteiger partial charge is 0.138 e. The van der Waals surface area contributed by atoms with Crippen molar-refractivity contribution in [1.82, 2.24) is 15.0 Å². The van der Waals surface area contributed by atoms with Gasteiger partial charge in [-0.1, -0.05) is 6.07 Å². The number of thiophene rings is 1. The van der Waals surface area contributed by atoms with Gasteiger partial charge in [-0.05, 0) is 43.4 Å². The van der Waals surface area contributed by atoms with Crippen LogP contribution in [0.15, 0.2) is 30.7 Å². The molecule has 5 nitrogen and oxygen atoms in total. The summed E-state index contributed by atoms with van der Waals surface area (Å²) in [5.41, 5.74) is 1.47. The van der Waals surface area contributed by atoms with Crippen LogP contribution in [0.25, 0.3) is 10.2 Å². The molecule has 0 saturated heterocycles. The molecule has 1 aliphatic carbocycles. The molecule has 3 aromatic rings. The van der Waals surface area contributed by atoms with Gasteiger partial charge in [0.25, 0.3) is 0 Å². The van der Waals surface area contributed by atoms with Crippen LogP contribution in [-0.4, -0.2) is 28.0 Å². The monoisotopic (exact) mass is 325 g/mol. The molecule has 0 aromatic carbocycles. The quantitative estimate of drug-likeness (QED) is 0.703.